The van der Waals surface area contributed by atoms with Gasteiger partial charge in [0.25, 0.3) is 0 Å². The lowest BCUT2D eigenvalue weighted by Crippen LogP contribution is -2.06. The van der Waals surface area contributed by atoms with Gasteiger partial charge >= 0.3 is 11.1 Å². The second-order valence-corrected chi connectivity index (χ2v) is 5.88. The summed E-state index contributed by atoms with van der Waals surface area (Å²) in [7, 11) is 0.00824. The van der Waals surface area contributed by atoms with Crippen LogP contribution in [0.15, 0.2) is 12.1 Å². The molecule has 15 heavy (non-hydrogen) atoms. The van der Waals surface area contributed by atoms with Crippen molar-refractivity contribution in [3.05, 3.63) is 23.2 Å². The Hall–Kier alpha value is -0.730. The molecule has 1 atom stereocenters. The molecular formula is C10H13F2NOP+. The average molecular weight is 232 g/mol. The van der Waals surface area contributed by atoms with Crippen molar-refractivity contribution >= 4 is 7.53 Å². The third-order valence-electron chi connectivity index (χ3n) is 2.62. The largest absolute Gasteiger partial charge is 0.496 e. The van der Waals surface area contributed by atoms with Crippen LogP contribution in [0.1, 0.15) is 12.1 Å². The molecule has 1 fully saturated rings. The maximum atomic E-state index is 13.7. The van der Waals surface area contributed by atoms with Gasteiger partial charge in [0.2, 0.25) is 7.53 Å². The van der Waals surface area contributed by atoms with Crippen LogP contribution in [0.3, 0.4) is 0 Å². The zero-order chi connectivity index (χ0) is 10.8. The standard InChI is InChI=1S/C10H13F2NOP/c1-14-7-4-9(11)15(10(12)5-7)8-2-3-13-6-8/h4-5,8,13H,2-3,6H2,1H3/q+1. The molecule has 0 spiro atoms. The Labute approximate surface area is 88.3 Å². The Balaban J connectivity index is 2.37. The molecule has 2 rings (SSSR count). The molecule has 1 aromatic heterocycles. The highest BCUT2D eigenvalue weighted by Crippen LogP contribution is 2.48. The lowest BCUT2D eigenvalue weighted by molar-refractivity contribution is 0.409. The van der Waals surface area contributed by atoms with Crippen LogP contribution in [0.5, 0.6) is 5.75 Å². The van der Waals surface area contributed by atoms with E-state index in [-0.39, 0.29) is 22.5 Å². The van der Waals surface area contributed by atoms with Crippen LogP contribution in [0.2, 0.25) is 0 Å². The van der Waals surface area contributed by atoms with E-state index < -0.39 is 7.53 Å². The van der Waals surface area contributed by atoms with E-state index >= 15 is 0 Å². The van der Waals surface area contributed by atoms with Crippen molar-refractivity contribution in [1.82, 2.24) is 5.32 Å². The summed E-state index contributed by atoms with van der Waals surface area (Å²) < 4.78 is 32.2. The van der Waals surface area contributed by atoms with E-state index in [1.807, 2.05) is 0 Å². The number of hydrogen-bond donors (Lipinski definition) is 1. The molecule has 2 nitrogen and oxygen atoms in total. The molecule has 5 heteroatoms. The highest BCUT2D eigenvalue weighted by Gasteiger charge is 2.35. The Bertz CT molecular complexity index is 343. The number of hydrogen-bond acceptors (Lipinski definition) is 2. The minimum atomic E-state index is -1.40. The van der Waals surface area contributed by atoms with E-state index in [2.05, 4.69) is 5.32 Å². The van der Waals surface area contributed by atoms with Gasteiger partial charge in [0.05, 0.1) is 19.2 Å². The monoisotopic (exact) mass is 232 g/mol. The molecule has 1 N–H and O–H groups in total. The predicted molar refractivity (Wildman–Crippen MR) is 56.5 cm³/mol. The van der Waals surface area contributed by atoms with Crippen molar-refractivity contribution in [3.63, 3.8) is 0 Å². The molecule has 1 aliphatic rings. The fraction of sp³-hybridized carbons (Fsp3) is 0.500. The third kappa shape index (κ3) is 2.11. The lowest BCUT2D eigenvalue weighted by atomic mass is 10.4. The smallest absolute Gasteiger partial charge is 0.300 e. The highest BCUT2D eigenvalue weighted by atomic mass is 31.1. The molecule has 1 aromatic rings. The van der Waals surface area contributed by atoms with Gasteiger partial charge in [-0.3, -0.25) is 0 Å². The Morgan fingerprint density at radius 1 is 1.40 bits per heavy atom. The van der Waals surface area contributed by atoms with Gasteiger partial charge in [0.1, 0.15) is 11.4 Å². The molecule has 0 aromatic carbocycles. The quantitative estimate of drug-likeness (QED) is 0.846. The van der Waals surface area contributed by atoms with Crippen LogP contribution < -0.4 is 10.1 Å². The zero-order valence-corrected chi connectivity index (χ0v) is 9.36. The molecule has 0 amide bonds. The van der Waals surface area contributed by atoms with Crippen molar-refractivity contribution < 1.29 is 13.5 Å². The molecule has 2 heterocycles. The topological polar surface area (TPSA) is 21.3 Å². The van der Waals surface area contributed by atoms with Gasteiger partial charge in [-0.2, -0.15) is 8.78 Å². The molecule has 82 valence electrons. The lowest BCUT2D eigenvalue weighted by Gasteiger charge is -2.02. The van der Waals surface area contributed by atoms with Gasteiger partial charge in [-0.05, 0) is 6.54 Å². The van der Waals surface area contributed by atoms with Gasteiger partial charge in [0.15, 0.2) is 0 Å². The number of methoxy groups -OCH3 is 1. The van der Waals surface area contributed by atoms with E-state index in [4.69, 9.17) is 4.74 Å². The van der Waals surface area contributed by atoms with Crippen LogP contribution >= 0.6 is 7.53 Å². The van der Waals surface area contributed by atoms with Crippen LogP contribution in [0.4, 0.5) is 8.78 Å². The third-order valence-corrected chi connectivity index (χ3v) is 4.97. The normalized spacial score (nSPS) is 20.6. The second kappa shape index (κ2) is 4.42. The van der Waals surface area contributed by atoms with Crippen LogP contribution in [-0.4, -0.2) is 20.2 Å². The number of ether oxygens (including phenoxy) is 1. The number of nitrogens with one attached hydrogen (secondary N) is 1. The summed E-state index contributed by atoms with van der Waals surface area (Å²) in [4.78, 5) is 0. The molecule has 0 aliphatic carbocycles. The summed E-state index contributed by atoms with van der Waals surface area (Å²) in [6, 6.07) is 2.60. The summed E-state index contributed by atoms with van der Waals surface area (Å²) >= 11 is 0. The maximum Gasteiger partial charge on any atom is 0.300 e. The van der Waals surface area contributed by atoms with Crippen molar-refractivity contribution in [1.29, 1.82) is 0 Å². The van der Waals surface area contributed by atoms with Crippen LogP contribution in [-0.2, 0) is 0 Å². The maximum absolute atomic E-state index is 13.7. The van der Waals surface area contributed by atoms with Crippen molar-refractivity contribution in [3.8, 4) is 5.75 Å². The van der Waals surface area contributed by atoms with E-state index in [1.165, 1.54) is 19.2 Å². The minimum absolute atomic E-state index is 0.0888. The van der Waals surface area contributed by atoms with Crippen molar-refractivity contribution in [2.75, 3.05) is 20.2 Å². The number of halogens is 2. The Morgan fingerprint density at radius 3 is 2.53 bits per heavy atom. The highest BCUT2D eigenvalue weighted by molar-refractivity contribution is 7.49. The molecule has 0 radical (unpaired) electrons. The first-order chi connectivity index (χ1) is 7.22. The van der Waals surface area contributed by atoms with Crippen molar-refractivity contribution in [2.45, 2.75) is 12.1 Å². The minimum Gasteiger partial charge on any atom is -0.496 e. The van der Waals surface area contributed by atoms with E-state index in [1.54, 1.807) is 0 Å². The molecule has 1 aliphatic heterocycles. The summed E-state index contributed by atoms with van der Waals surface area (Å²) in [5.74, 6) is 0.259. The second-order valence-electron chi connectivity index (χ2n) is 3.56. The average Bonchev–Trinajstić information content (AvgIpc) is 2.69. The van der Waals surface area contributed by atoms with Gasteiger partial charge in [0, 0.05) is 13.0 Å². The summed E-state index contributed by atoms with van der Waals surface area (Å²) in [6.45, 7) is 1.56. The summed E-state index contributed by atoms with van der Waals surface area (Å²) in [5.41, 5.74) is -0.642. The Kier molecular flexibility index (Phi) is 3.17. The molecule has 0 bridgehead atoms. The molecule has 1 saturated heterocycles. The fourth-order valence-corrected chi connectivity index (χ4v) is 3.98. The summed E-state index contributed by atoms with van der Waals surface area (Å²) in [5, 5.41) is 3.13. The van der Waals surface area contributed by atoms with Gasteiger partial charge in [-0.15, -0.1) is 0 Å². The Morgan fingerprint density at radius 2 is 2.07 bits per heavy atom. The van der Waals surface area contributed by atoms with E-state index in [9.17, 15) is 8.78 Å². The molecule has 1 unspecified atom stereocenters. The van der Waals surface area contributed by atoms with Crippen molar-refractivity contribution in [2.24, 2.45) is 0 Å². The molecular weight excluding hydrogens is 219 g/mol. The first-order valence-electron chi connectivity index (χ1n) is 4.87. The first-order valence-corrected chi connectivity index (χ1v) is 6.28. The fourth-order valence-electron chi connectivity index (χ4n) is 1.84. The van der Waals surface area contributed by atoms with Crippen LogP contribution in [0.25, 0.3) is 0 Å². The van der Waals surface area contributed by atoms with Gasteiger partial charge in [-0.25, -0.2) is 0 Å². The summed E-state index contributed by atoms with van der Waals surface area (Å²) in [6.07, 6.45) is 0.844. The predicted octanol–water partition coefficient (Wildman–Crippen LogP) is 2.78. The van der Waals surface area contributed by atoms with Gasteiger partial charge < -0.3 is 10.1 Å². The van der Waals surface area contributed by atoms with E-state index in [0.717, 1.165) is 13.0 Å². The molecule has 0 saturated carbocycles. The SMILES string of the molecule is COc1cc(F)[p+](C2CCNC2)c(F)c1. The first kappa shape index (κ1) is 10.8. The zero-order valence-electron chi connectivity index (χ0n) is 8.46. The van der Waals surface area contributed by atoms with Crippen LogP contribution in [0, 0.1) is 11.1 Å². The number of rotatable bonds is 2. The van der Waals surface area contributed by atoms with E-state index in [0.29, 0.717) is 6.54 Å². The van der Waals surface area contributed by atoms with Gasteiger partial charge in [-0.1, -0.05) is 0 Å².